The number of benzene rings is 5. The molecule has 0 radical (unpaired) electrons. The van der Waals surface area contributed by atoms with Crippen LogP contribution < -0.4 is 0 Å². The molecule has 48 heavy (non-hydrogen) atoms. The summed E-state index contributed by atoms with van der Waals surface area (Å²) < 4.78 is 0. The summed E-state index contributed by atoms with van der Waals surface area (Å²) in [6, 6.07) is 32.5. The van der Waals surface area contributed by atoms with E-state index in [0.717, 1.165) is 67.1 Å². The first-order valence-corrected chi connectivity index (χ1v) is 15.1. The van der Waals surface area contributed by atoms with Gasteiger partial charge in [0.2, 0.25) is 11.8 Å². The molecule has 5 aromatic carbocycles. The van der Waals surface area contributed by atoms with Crippen LogP contribution in [0.4, 0.5) is 0 Å². The molecule has 2 N–H and O–H groups in total. The van der Waals surface area contributed by atoms with E-state index < -0.39 is 11.9 Å². The van der Waals surface area contributed by atoms with E-state index in [4.69, 9.17) is 10.2 Å². The van der Waals surface area contributed by atoms with Crippen LogP contribution in [0.2, 0.25) is 0 Å². The Bertz CT molecular complexity index is 1770. The minimum absolute atomic E-state index is 0.0926. The monoisotopic (exact) mass is 644 g/mol. The van der Waals surface area contributed by atoms with Crippen LogP contribution in [0.3, 0.4) is 0 Å². The number of fused-ring (bicyclic) bond motifs is 2. The molecule has 0 spiro atoms. The SMILES string of the molecule is CC(=O)N(C)C.CC(=O)N(C)C.O=C(O)/C=C/c1ccc(-c2c3ccccc3c(-c3ccc(/C=C/C(=O)O)cc3)c3ccccc23)cc1. The summed E-state index contributed by atoms with van der Waals surface area (Å²) in [7, 11) is 6.90. The second-order valence-corrected chi connectivity index (χ2v) is 11.3. The number of carboxylic acid groups (broad SMARTS) is 2. The van der Waals surface area contributed by atoms with Gasteiger partial charge in [-0.2, -0.15) is 0 Å². The van der Waals surface area contributed by atoms with Crippen molar-refractivity contribution in [1.82, 2.24) is 9.80 Å². The third-order valence-electron chi connectivity index (χ3n) is 7.43. The highest BCUT2D eigenvalue weighted by Gasteiger charge is 2.16. The van der Waals surface area contributed by atoms with Crippen molar-refractivity contribution in [3.63, 3.8) is 0 Å². The second-order valence-electron chi connectivity index (χ2n) is 11.3. The van der Waals surface area contributed by atoms with Crippen LogP contribution >= 0.6 is 0 Å². The Hall–Kier alpha value is -6.02. The van der Waals surface area contributed by atoms with Crippen LogP contribution in [-0.4, -0.2) is 72.0 Å². The molecule has 0 aliphatic heterocycles. The van der Waals surface area contributed by atoms with Crippen LogP contribution in [0.25, 0.3) is 56.0 Å². The standard InChI is InChI=1S/C32H22O4.2C4H9NO/c33-29(34)19-13-21-9-15-23(16-10-21)31-25-5-1-2-6-26(25)32(28-8-4-3-7-27(28)31)24-17-11-22(12-18-24)14-20-30(35)36;2*1-4(6)5(2)3/h1-20H,(H,33,34)(H,35,36);2*1-3H3/b19-13+,20-14+;;. The summed E-state index contributed by atoms with van der Waals surface area (Å²) >= 11 is 0. The molecule has 0 aliphatic rings. The summed E-state index contributed by atoms with van der Waals surface area (Å²) in [5.41, 5.74) is 6.00. The molecule has 0 bridgehead atoms. The van der Waals surface area contributed by atoms with Gasteiger partial charge < -0.3 is 20.0 Å². The maximum absolute atomic E-state index is 10.9. The van der Waals surface area contributed by atoms with E-state index in [1.807, 2.05) is 72.8 Å². The van der Waals surface area contributed by atoms with Gasteiger partial charge in [0.15, 0.2) is 0 Å². The van der Waals surface area contributed by atoms with Crippen LogP contribution in [0, 0.1) is 0 Å². The van der Waals surface area contributed by atoms with Crippen LogP contribution in [0.1, 0.15) is 25.0 Å². The lowest BCUT2D eigenvalue weighted by atomic mass is 9.85. The molecule has 0 saturated carbocycles. The number of carboxylic acids is 2. The fraction of sp³-hybridized carbons (Fsp3) is 0.150. The van der Waals surface area contributed by atoms with Gasteiger partial charge in [0.05, 0.1) is 0 Å². The molecule has 5 rings (SSSR count). The van der Waals surface area contributed by atoms with Crippen molar-refractivity contribution in [3.05, 3.63) is 120 Å². The zero-order valence-electron chi connectivity index (χ0n) is 28.0. The molecule has 0 fully saturated rings. The van der Waals surface area contributed by atoms with Crippen molar-refractivity contribution in [2.45, 2.75) is 13.8 Å². The fourth-order valence-electron chi connectivity index (χ4n) is 4.61. The van der Waals surface area contributed by atoms with Crippen LogP contribution in [-0.2, 0) is 19.2 Å². The van der Waals surface area contributed by atoms with Crippen molar-refractivity contribution in [2.75, 3.05) is 28.2 Å². The Morgan fingerprint density at radius 2 is 0.729 bits per heavy atom. The Labute approximate surface area is 280 Å². The molecule has 2 amide bonds. The summed E-state index contributed by atoms with van der Waals surface area (Å²) in [5.74, 6) is -1.76. The number of carbonyl (C=O) groups excluding carboxylic acids is 2. The average molecular weight is 645 g/mol. The van der Waals surface area contributed by atoms with E-state index in [-0.39, 0.29) is 11.8 Å². The minimum Gasteiger partial charge on any atom is -0.478 e. The summed E-state index contributed by atoms with van der Waals surface area (Å²) in [6.07, 6.45) is 5.44. The Balaban J connectivity index is 0.000000446. The number of hydrogen-bond donors (Lipinski definition) is 2. The molecule has 0 saturated heterocycles. The van der Waals surface area contributed by atoms with Gasteiger partial charge >= 0.3 is 11.9 Å². The zero-order chi connectivity index (χ0) is 35.4. The second kappa shape index (κ2) is 17.1. The molecule has 0 aromatic heterocycles. The highest BCUT2D eigenvalue weighted by atomic mass is 16.4. The molecule has 0 unspecified atom stereocenters. The Morgan fingerprint density at radius 3 is 0.938 bits per heavy atom. The number of hydrogen-bond acceptors (Lipinski definition) is 4. The van der Waals surface area contributed by atoms with E-state index in [2.05, 4.69) is 24.3 Å². The van der Waals surface area contributed by atoms with Crippen LogP contribution in [0.5, 0.6) is 0 Å². The van der Waals surface area contributed by atoms with Gasteiger partial charge in [-0.05, 0) is 67.1 Å². The lowest BCUT2D eigenvalue weighted by Gasteiger charge is -2.18. The number of aliphatic carboxylic acids is 2. The molecule has 0 aliphatic carbocycles. The van der Waals surface area contributed by atoms with E-state index in [1.165, 1.54) is 23.6 Å². The van der Waals surface area contributed by atoms with E-state index in [1.54, 1.807) is 40.3 Å². The first-order valence-electron chi connectivity index (χ1n) is 15.1. The van der Waals surface area contributed by atoms with Crippen molar-refractivity contribution in [2.24, 2.45) is 0 Å². The van der Waals surface area contributed by atoms with Crippen LogP contribution in [0.15, 0.2) is 109 Å². The minimum atomic E-state index is -0.974. The van der Waals surface area contributed by atoms with Crippen molar-refractivity contribution in [1.29, 1.82) is 0 Å². The number of nitrogens with zero attached hydrogens (tertiary/aromatic N) is 2. The van der Waals surface area contributed by atoms with Gasteiger partial charge in [0, 0.05) is 54.2 Å². The number of carbonyl (C=O) groups is 4. The number of rotatable bonds is 6. The molecule has 5 aromatic rings. The third kappa shape index (κ3) is 9.99. The molecule has 0 atom stereocenters. The molecular formula is C40H40N2O6. The first-order chi connectivity index (χ1) is 22.8. The maximum Gasteiger partial charge on any atom is 0.328 e. The van der Waals surface area contributed by atoms with Gasteiger partial charge in [-0.25, -0.2) is 9.59 Å². The van der Waals surface area contributed by atoms with E-state index >= 15 is 0 Å². The number of amides is 2. The summed E-state index contributed by atoms with van der Waals surface area (Å²) in [4.78, 5) is 44.9. The lowest BCUT2D eigenvalue weighted by molar-refractivity contribution is -0.132. The largest absolute Gasteiger partial charge is 0.478 e. The Kier molecular flexibility index (Phi) is 12.9. The average Bonchev–Trinajstić information content (AvgIpc) is 3.06. The quantitative estimate of drug-likeness (QED) is 0.145. The van der Waals surface area contributed by atoms with Gasteiger partial charge in [0.25, 0.3) is 0 Å². The third-order valence-corrected chi connectivity index (χ3v) is 7.43. The topological polar surface area (TPSA) is 115 Å². The van der Waals surface area contributed by atoms with Gasteiger partial charge in [-0.1, -0.05) is 97.1 Å². The zero-order valence-corrected chi connectivity index (χ0v) is 28.0. The van der Waals surface area contributed by atoms with Gasteiger partial charge in [-0.15, -0.1) is 0 Å². The van der Waals surface area contributed by atoms with Crippen molar-refractivity contribution in [3.8, 4) is 22.3 Å². The van der Waals surface area contributed by atoms with E-state index in [9.17, 15) is 19.2 Å². The van der Waals surface area contributed by atoms with Gasteiger partial charge in [0.1, 0.15) is 0 Å². The summed E-state index contributed by atoms with van der Waals surface area (Å²) in [6.45, 7) is 3.06. The molecule has 8 heteroatoms. The Morgan fingerprint density at radius 1 is 0.479 bits per heavy atom. The van der Waals surface area contributed by atoms with Crippen molar-refractivity contribution >= 4 is 57.4 Å². The normalized spacial score (nSPS) is 10.6. The molecule has 0 heterocycles. The van der Waals surface area contributed by atoms with Gasteiger partial charge in [-0.3, -0.25) is 9.59 Å². The predicted octanol–water partition coefficient (Wildman–Crippen LogP) is 7.71. The molecule has 246 valence electrons. The fourth-order valence-corrected chi connectivity index (χ4v) is 4.61. The first kappa shape index (κ1) is 36.4. The summed E-state index contributed by atoms with van der Waals surface area (Å²) in [5, 5.41) is 22.3. The lowest BCUT2D eigenvalue weighted by Crippen LogP contribution is -2.17. The highest BCUT2D eigenvalue weighted by molar-refractivity contribution is 6.21. The van der Waals surface area contributed by atoms with Crippen molar-refractivity contribution < 1.29 is 29.4 Å². The predicted molar refractivity (Wildman–Crippen MR) is 194 cm³/mol. The smallest absolute Gasteiger partial charge is 0.328 e. The molecule has 8 nitrogen and oxygen atoms in total. The molecular weight excluding hydrogens is 604 g/mol. The highest BCUT2D eigenvalue weighted by Crippen LogP contribution is 2.43. The van der Waals surface area contributed by atoms with E-state index in [0.29, 0.717) is 0 Å². The maximum atomic E-state index is 10.9.